The first kappa shape index (κ1) is 31.9. The smallest absolute Gasteiger partial charge is 0.264 e. The molecule has 1 unspecified atom stereocenters. The number of hydrogen-bond acceptors (Lipinski definition) is 6. The minimum atomic E-state index is -4.15. The first-order valence-electron chi connectivity index (χ1n) is 14.8. The number of nitrogens with one attached hydrogen (secondary N) is 1. The molecule has 0 aromatic heterocycles. The maximum Gasteiger partial charge on any atom is 0.264 e. The van der Waals surface area contributed by atoms with E-state index in [4.69, 9.17) is 9.47 Å². The number of nitrogens with zero attached hydrogens (tertiary/aromatic N) is 2. The number of amides is 2. The van der Waals surface area contributed by atoms with Crippen LogP contribution in [0.1, 0.15) is 51.5 Å². The lowest BCUT2D eigenvalue weighted by atomic mass is 10.1. The quantitative estimate of drug-likeness (QED) is 0.272. The zero-order valence-corrected chi connectivity index (χ0v) is 25.9. The van der Waals surface area contributed by atoms with E-state index in [0.717, 1.165) is 35.6 Å². The molecule has 0 radical (unpaired) electrons. The van der Waals surface area contributed by atoms with Crippen LogP contribution in [-0.2, 0) is 26.2 Å². The van der Waals surface area contributed by atoms with Crippen LogP contribution in [-0.4, -0.2) is 57.5 Å². The maximum absolute atomic E-state index is 14.2. The second kappa shape index (κ2) is 14.9. The zero-order valence-electron chi connectivity index (χ0n) is 25.1. The van der Waals surface area contributed by atoms with E-state index in [0.29, 0.717) is 30.2 Å². The number of rotatable bonds is 14. The second-order valence-electron chi connectivity index (χ2n) is 10.5. The summed E-state index contributed by atoms with van der Waals surface area (Å²) in [6, 6.07) is 21.2. The lowest BCUT2D eigenvalue weighted by molar-refractivity contribution is -0.140. The van der Waals surface area contributed by atoms with Crippen molar-refractivity contribution < 1.29 is 27.5 Å². The van der Waals surface area contributed by atoms with Crippen LogP contribution in [0.2, 0.25) is 0 Å². The van der Waals surface area contributed by atoms with Crippen LogP contribution in [0.25, 0.3) is 0 Å². The van der Waals surface area contributed by atoms with Crippen LogP contribution in [0.15, 0.2) is 83.8 Å². The number of sulfonamides is 1. The van der Waals surface area contributed by atoms with Crippen molar-refractivity contribution in [2.24, 2.45) is 0 Å². The molecule has 1 saturated carbocycles. The summed E-state index contributed by atoms with van der Waals surface area (Å²) in [5.74, 6) is 0.511. The SMILES string of the molecule is CCOc1ccc(S(=O)(=O)N(CC(=O)N(Cc2ccc(OC)cc2)C(CC)C(=O)NC2CCCC2)c2ccccc2)cc1. The highest BCUT2D eigenvalue weighted by Crippen LogP contribution is 2.26. The van der Waals surface area contributed by atoms with Crippen molar-refractivity contribution in [2.75, 3.05) is 24.6 Å². The van der Waals surface area contributed by atoms with Gasteiger partial charge in [0.25, 0.3) is 10.0 Å². The fraction of sp³-hybridized carbons (Fsp3) is 0.394. The molecular formula is C33H41N3O6S. The predicted molar refractivity (Wildman–Crippen MR) is 167 cm³/mol. The van der Waals surface area contributed by atoms with Gasteiger partial charge in [-0.15, -0.1) is 0 Å². The van der Waals surface area contributed by atoms with Crippen molar-refractivity contribution in [3.05, 3.63) is 84.4 Å². The van der Waals surface area contributed by atoms with E-state index in [1.807, 2.05) is 26.0 Å². The molecule has 3 aromatic rings. The fourth-order valence-electron chi connectivity index (χ4n) is 5.34. The van der Waals surface area contributed by atoms with Gasteiger partial charge >= 0.3 is 0 Å². The van der Waals surface area contributed by atoms with Crippen molar-refractivity contribution in [3.63, 3.8) is 0 Å². The molecule has 3 aromatic carbocycles. The summed E-state index contributed by atoms with van der Waals surface area (Å²) < 4.78 is 39.9. The average Bonchev–Trinajstić information content (AvgIpc) is 3.53. The Hall–Kier alpha value is -4.05. The molecule has 0 saturated heterocycles. The molecule has 1 aliphatic rings. The summed E-state index contributed by atoms with van der Waals surface area (Å²) in [6.07, 6.45) is 4.32. The van der Waals surface area contributed by atoms with Crippen LogP contribution < -0.4 is 19.1 Å². The monoisotopic (exact) mass is 607 g/mol. The van der Waals surface area contributed by atoms with Crippen molar-refractivity contribution in [1.29, 1.82) is 0 Å². The van der Waals surface area contributed by atoms with E-state index in [2.05, 4.69) is 5.32 Å². The number of carbonyl (C=O) groups excluding carboxylic acids is 2. The largest absolute Gasteiger partial charge is 0.497 e. The van der Waals surface area contributed by atoms with Crippen molar-refractivity contribution in [3.8, 4) is 11.5 Å². The van der Waals surface area contributed by atoms with Gasteiger partial charge in [0.2, 0.25) is 11.8 Å². The summed E-state index contributed by atoms with van der Waals surface area (Å²) in [5.41, 5.74) is 1.14. The Balaban J connectivity index is 1.68. The van der Waals surface area contributed by atoms with Gasteiger partial charge in [-0.25, -0.2) is 8.42 Å². The Bertz CT molecular complexity index is 1440. The summed E-state index contributed by atoms with van der Waals surface area (Å²) in [7, 11) is -2.58. The standard InChI is InChI=1S/C33H41N3O6S/c1-4-31(33(38)34-26-11-9-10-12-26)35(23-25-15-17-28(41-3)18-16-25)32(37)24-36(27-13-7-6-8-14-27)43(39,40)30-21-19-29(20-22-30)42-5-2/h6-8,13-22,26,31H,4-5,9-12,23-24H2,1-3H3,(H,34,38). The lowest BCUT2D eigenvalue weighted by Crippen LogP contribution is -2.53. The third-order valence-electron chi connectivity index (χ3n) is 7.65. The molecule has 43 heavy (non-hydrogen) atoms. The van der Waals surface area contributed by atoms with Gasteiger partial charge < -0.3 is 19.7 Å². The molecule has 0 aliphatic heterocycles. The Morgan fingerprint density at radius 1 is 0.907 bits per heavy atom. The molecule has 9 nitrogen and oxygen atoms in total. The molecule has 1 N–H and O–H groups in total. The van der Waals surface area contributed by atoms with Gasteiger partial charge in [-0.2, -0.15) is 0 Å². The number of hydrogen-bond donors (Lipinski definition) is 1. The number of para-hydroxylation sites is 1. The van der Waals surface area contributed by atoms with Crippen LogP contribution in [0, 0.1) is 0 Å². The highest BCUT2D eigenvalue weighted by molar-refractivity contribution is 7.92. The number of anilines is 1. The van der Waals surface area contributed by atoms with E-state index in [1.54, 1.807) is 61.7 Å². The average molecular weight is 608 g/mol. The van der Waals surface area contributed by atoms with E-state index < -0.39 is 28.5 Å². The molecule has 0 spiro atoms. The number of ether oxygens (including phenoxy) is 2. The van der Waals surface area contributed by atoms with Gasteiger partial charge in [-0.05, 0) is 80.3 Å². The highest BCUT2D eigenvalue weighted by Gasteiger charge is 2.34. The third-order valence-corrected chi connectivity index (χ3v) is 9.43. The minimum absolute atomic E-state index is 0.0281. The van der Waals surface area contributed by atoms with Crippen LogP contribution in [0.4, 0.5) is 5.69 Å². The molecule has 230 valence electrons. The molecule has 4 rings (SSSR count). The maximum atomic E-state index is 14.2. The number of carbonyl (C=O) groups is 2. The van der Waals surface area contributed by atoms with Crippen molar-refractivity contribution >= 4 is 27.5 Å². The summed E-state index contributed by atoms with van der Waals surface area (Å²) in [4.78, 5) is 29.3. The van der Waals surface area contributed by atoms with Crippen molar-refractivity contribution in [1.82, 2.24) is 10.2 Å². The van der Waals surface area contributed by atoms with E-state index >= 15 is 0 Å². The molecule has 1 atom stereocenters. The second-order valence-corrected chi connectivity index (χ2v) is 12.4. The topological polar surface area (TPSA) is 105 Å². The van der Waals surface area contributed by atoms with Crippen molar-refractivity contribution in [2.45, 2.75) is 69.5 Å². The minimum Gasteiger partial charge on any atom is -0.497 e. The zero-order chi connectivity index (χ0) is 30.8. The molecule has 1 fully saturated rings. The van der Waals surface area contributed by atoms with Gasteiger partial charge in [-0.3, -0.25) is 13.9 Å². The molecular weight excluding hydrogens is 566 g/mol. The number of methoxy groups -OCH3 is 1. The highest BCUT2D eigenvalue weighted by atomic mass is 32.2. The normalized spacial score (nSPS) is 14.1. The Labute approximate surface area is 254 Å². The lowest BCUT2D eigenvalue weighted by Gasteiger charge is -2.33. The fourth-order valence-corrected chi connectivity index (χ4v) is 6.75. The van der Waals surface area contributed by atoms with Gasteiger partial charge in [0.05, 0.1) is 24.3 Å². The molecule has 0 heterocycles. The third kappa shape index (κ3) is 8.07. The van der Waals surface area contributed by atoms with E-state index in [9.17, 15) is 18.0 Å². The Kier molecular flexibility index (Phi) is 11.1. The summed E-state index contributed by atoms with van der Waals surface area (Å²) >= 11 is 0. The first-order valence-corrected chi connectivity index (χ1v) is 16.2. The van der Waals surface area contributed by atoms with E-state index in [1.165, 1.54) is 17.0 Å². The Morgan fingerprint density at radius 2 is 1.53 bits per heavy atom. The summed E-state index contributed by atoms with van der Waals surface area (Å²) in [5, 5.41) is 3.13. The van der Waals surface area contributed by atoms with Crippen LogP contribution >= 0.6 is 0 Å². The van der Waals surface area contributed by atoms with Gasteiger partial charge in [-0.1, -0.05) is 50.1 Å². The van der Waals surface area contributed by atoms with Gasteiger partial charge in [0.15, 0.2) is 0 Å². The van der Waals surface area contributed by atoms with Gasteiger partial charge in [0, 0.05) is 12.6 Å². The molecule has 10 heteroatoms. The molecule has 0 bridgehead atoms. The van der Waals surface area contributed by atoms with E-state index in [-0.39, 0.29) is 23.4 Å². The van der Waals surface area contributed by atoms with Gasteiger partial charge in [0.1, 0.15) is 24.1 Å². The van der Waals surface area contributed by atoms with Crippen LogP contribution in [0.5, 0.6) is 11.5 Å². The predicted octanol–water partition coefficient (Wildman–Crippen LogP) is 5.16. The molecule has 1 aliphatic carbocycles. The molecule has 2 amide bonds. The summed E-state index contributed by atoms with van der Waals surface area (Å²) in [6.45, 7) is 3.81. The first-order chi connectivity index (χ1) is 20.8. The Morgan fingerprint density at radius 3 is 2.12 bits per heavy atom. The van der Waals surface area contributed by atoms with Crippen LogP contribution in [0.3, 0.4) is 0 Å². The number of benzene rings is 3.